The van der Waals surface area contributed by atoms with Crippen LogP contribution in [0, 0.1) is 0 Å². The average molecular weight is 356 g/mol. The summed E-state index contributed by atoms with van der Waals surface area (Å²) in [5.41, 5.74) is 0.718. The molecule has 1 aromatic carbocycles. The molecule has 100 valence electrons. The number of amides is 1. The maximum Gasteiger partial charge on any atom is 0.236 e. The number of carbonyl (C=O) groups is 1. The molecule has 0 spiro atoms. The van der Waals surface area contributed by atoms with Gasteiger partial charge in [-0.3, -0.25) is 4.79 Å². The number of carbonyl (C=O) groups excluding carboxylic acids is 1. The van der Waals surface area contributed by atoms with Gasteiger partial charge in [-0.05, 0) is 24.7 Å². The Morgan fingerprint density at radius 2 is 2.11 bits per heavy atom. The van der Waals surface area contributed by atoms with Gasteiger partial charge < -0.3 is 5.32 Å². The van der Waals surface area contributed by atoms with Gasteiger partial charge in [0.05, 0.1) is 0 Å². The highest BCUT2D eigenvalue weighted by atomic mass is 79.9. The maximum absolute atomic E-state index is 11.4. The minimum atomic E-state index is -3.54. The number of halogens is 2. The number of nitrogens with one attached hydrogen (secondary N) is 2. The summed E-state index contributed by atoms with van der Waals surface area (Å²) in [5.74, 6) is -1.18. The van der Waals surface area contributed by atoms with E-state index in [0.717, 1.165) is 10.0 Å². The number of sulfonamides is 1. The first-order chi connectivity index (χ1) is 8.34. The molecule has 0 aromatic heterocycles. The van der Waals surface area contributed by atoms with E-state index in [2.05, 4.69) is 26.0 Å². The highest BCUT2D eigenvalue weighted by molar-refractivity contribution is 9.10. The Morgan fingerprint density at radius 1 is 1.44 bits per heavy atom. The summed E-state index contributed by atoms with van der Waals surface area (Å²) in [6.07, 6.45) is 0. The molecule has 0 aliphatic carbocycles. The molecule has 2 N–H and O–H groups in total. The molecule has 0 saturated carbocycles. The van der Waals surface area contributed by atoms with Crippen molar-refractivity contribution in [1.82, 2.24) is 10.0 Å². The van der Waals surface area contributed by atoms with Crippen molar-refractivity contribution in [2.45, 2.75) is 6.54 Å². The van der Waals surface area contributed by atoms with Gasteiger partial charge in [-0.2, -0.15) is 0 Å². The lowest BCUT2D eigenvalue weighted by Gasteiger charge is -2.07. The molecule has 0 bridgehead atoms. The zero-order valence-corrected chi connectivity index (χ0v) is 12.7. The zero-order valence-electron chi connectivity index (χ0n) is 9.54. The van der Waals surface area contributed by atoms with Crippen LogP contribution in [-0.4, -0.2) is 27.1 Å². The van der Waals surface area contributed by atoms with Gasteiger partial charge in [0.15, 0.2) is 0 Å². The van der Waals surface area contributed by atoms with Crippen molar-refractivity contribution < 1.29 is 13.2 Å². The first-order valence-corrected chi connectivity index (χ1v) is 7.78. The molecule has 0 radical (unpaired) electrons. The van der Waals surface area contributed by atoms with E-state index in [1.54, 1.807) is 18.2 Å². The minimum absolute atomic E-state index is 0.185. The lowest BCUT2D eigenvalue weighted by atomic mass is 10.2. The predicted molar refractivity (Wildman–Crippen MR) is 73.8 cm³/mol. The Hall–Kier alpha value is -0.630. The fraction of sp³-hybridized carbons (Fsp3) is 0.300. The van der Waals surface area contributed by atoms with E-state index in [1.165, 1.54) is 7.05 Å². The molecule has 0 heterocycles. The first kappa shape index (κ1) is 15.4. The van der Waals surface area contributed by atoms with E-state index >= 15 is 0 Å². The van der Waals surface area contributed by atoms with Crippen LogP contribution in [0.15, 0.2) is 22.7 Å². The van der Waals surface area contributed by atoms with Gasteiger partial charge in [0, 0.05) is 16.0 Å². The molecule has 0 aliphatic heterocycles. The molecule has 5 nitrogen and oxygen atoms in total. The molecule has 1 amide bonds. The Labute approximate surface area is 119 Å². The van der Waals surface area contributed by atoms with Gasteiger partial charge in [0.1, 0.15) is 5.75 Å². The quantitative estimate of drug-likeness (QED) is 0.835. The van der Waals surface area contributed by atoms with Crippen LogP contribution in [0.4, 0.5) is 0 Å². The summed E-state index contributed by atoms with van der Waals surface area (Å²) >= 11 is 9.23. The summed E-state index contributed by atoms with van der Waals surface area (Å²) in [7, 11) is -2.28. The Bertz CT molecular complexity index is 548. The second-order valence-electron chi connectivity index (χ2n) is 3.48. The Balaban J connectivity index is 2.58. The number of hydrogen-bond acceptors (Lipinski definition) is 3. The molecule has 0 atom stereocenters. The van der Waals surface area contributed by atoms with Crippen LogP contribution in [0.1, 0.15) is 5.56 Å². The van der Waals surface area contributed by atoms with Crippen molar-refractivity contribution >= 4 is 43.5 Å². The lowest BCUT2D eigenvalue weighted by Crippen LogP contribution is -2.34. The van der Waals surface area contributed by atoms with Crippen LogP contribution in [0.5, 0.6) is 0 Å². The summed E-state index contributed by atoms with van der Waals surface area (Å²) in [6, 6.07) is 5.24. The van der Waals surface area contributed by atoms with Gasteiger partial charge in [0.25, 0.3) is 0 Å². The SMILES string of the molecule is CNS(=O)(=O)CC(=O)NCc1ccc(Br)cc1Cl. The normalized spacial score (nSPS) is 11.3. The summed E-state index contributed by atoms with van der Waals surface area (Å²) in [6.45, 7) is 0.185. The molecule has 0 aliphatic rings. The third-order valence-electron chi connectivity index (χ3n) is 2.12. The van der Waals surface area contributed by atoms with Crippen molar-refractivity contribution in [3.63, 3.8) is 0 Å². The van der Waals surface area contributed by atoms with Crippen LogP contribution in [-0.2, 0) is 21.4 Å². The second kappa shape index (κ2) is 6.51. The smallest absolute Gasteiger partial charge is 0.236 e. The molecule has 0 saturated heterocycles. The molecule has 18 heavy (non-hydrogen) atoms. The standard InChI is InChI=1S/C10H12BrClN2O3S/c1-13-18(16,17)6-10(15)14-5-7-2-3-8(11)4-9(7)12/h2-4,13H,5-6H2,1H3,(H,14,15). The predicted octanol–water partition coefficient (Wildman–Crippen LogP) is 1.27. The molecule has 1 aromatic rings. The fourth-order valence-corrected chi connectivity index (χ4v) is 2.49. The second-order valence-corrected chi connectivity index (χ2v) is 6.72. The summed E-state index contributed by atoms with van der Waals surface area (Å²) in [4.78, 5) is 11.4. The molecule has 1 rings (SSSR count). The van der Waals surface area contributed by atoms with Gasteiger partial charge in [-0.25, -0.2) is 13.1 Å². The highest BCUT2D eigenvalue weighted by Gasteiger charge is 2.14. The maximum atomic E-state index is 11.4. The molecule has 0 fully saturated rings. The third kappa shape index (κ3) is 4.93. The monoisotopic (exact) mass is 354 g/mol. The number of rotatable bonds is 5. The molecule has 8 heteroatoms. The zero-order chi connectivity index (χ0) is 13.8. The van der Waals surface area contributed by atoms with E-state index in [-0.39, 0.29) is 6.54 Å². The summed E-state index contributed by atoms with van der Waals surface area (Å²) < 4.78 is 25.2. The van der Waals surface area contributed by atoms with Crippen molar-refractivity contribution in [1.29, 1.82) is 0 Å². The third-order valence-corrected chi connectivity index (χ3v) is 4.23. The van der Waals surface area contributed by atoms with Crippen molar-refractivity contribution in [2.75, 3.05) is 12.8 Å². The van der Waals surface area contributed by atoms with Gasteiger partial charge in [0.2, 0.25) is 15.9 Å². The number of benzene rings is 1. The summed E-state index contributed by atoms with van der Waals surface area (Å²) in [5, 5.41) is 2.99. The van der Waals surface area contributed by atoms with Gasteiger partial charge >= 0.3 is 0 Å². The lowest BCUT2D eigenvalue weighted by molar-refractivity contribution is -0.118. The van der Waals surface area contributed by atoms with Crippen molar-refractivity contribution in [2.24, 2.45) is 0 Å². The molecule has 0 unspecified atom stereocenters. The van der Waals surface area contributed by atoms with Gasteiger partial charge in [-0.1, -0.05) is 33.6 Å². The van der Waals surface area contributed by atoms with Crippen LogP contribution >= 0.6 is 27.5 Å². The van der Waals surface area contributed by atoms with E-state index in [9.17, 15) is 13.2 Å². The van der Waals surface area contributed by atoms with E-state index in [0.29, 0.717) is 5.02 Å². The van der Waals surface area contributed by atoms with Crippen LogP contribution in [0.3, 0.4) is 0 Å². The largest absolute Gasteiger partial charge is 0.351 e. The topological polar surface area (TPSA) is 75.3 Å². The van der Waals surface area contributed by atoms with E-state index in [1.807, 2.05) is 0 Å². The highest BCUT2D eigenvalue weighted by Crippen LogP contribution is 2.21. The van der Waals surface area contributed by atoms with Crippen LogP contribution < -0.4 is 10.0 Å². The fourth-order valence-electron chi connectivity index (χ4n) is 1.15. The number of hydrogen-bond donors (Lipinski definition) is 2. The van der Waals surface area contributed by atoms with Crippen LogP contribution in [0.25, 0.3) is 0 Å². The average Bonchev–Trinajstić information content (AvgIpc) is 2.27. The Morgan fingerprint density at radius 3 is 2.67 bits per heavy atom. The van der Waals surface area contributed by atoms with Gasteiger partial charge in [-0.15, -0.1) is 0 Å². The van der Waals surface area contributed by atoms with E-state index in [4.69, 9.17) is 11.6 Å². The first-order valence-electron chi connectivity index (χ1n) is 4.96. The van der Waals surface area contributed by atoms with Crippen molar-refractivity contribution in [3.05, 3.63) is 33.3 Å². The Kier molecular flexibility index (Phi) is 5.58. The van der Waals surface area contributed by atoms with Crippen LogP contribution in [0.2, 0.25) is 5.02 Å². The molecular formula is C10H12BrClN2O3S. The van der Waals surface area contributed by atoms with E-state index < -0.39 is 21.7 Å². The minimum Gasteiger partial charge on any atom is -0.351 e. The van der Waals surface area contributed by atoms with Crippen molar-refractivity contribution in [3.8, 4) is 0 Å². The molecular weight excluding hydrogens is 344 g/mol.